The van der Waals surface area contributed by atoms with Gasteiger partial charge in [0.05, 0.1) is 5.52 Å². The Morgan fingerprint density at radius 3 is 2.36 bits per heavy atom. The number of para-hydroxylation sites is 1. The molecule has 1 aromatic heterocycles. The van der Waals surface area contributed by atoms with Crippen molar-refractivity contribution in [2.75, 3.05) is 13.6 Å². The number of benzene rings is 2. The normalized spacial score (nSPS) is 11.1. The highest BCUT2D eigenvalue weighted by Gasteiger charge is 2.21. The van der Waals surface area contributed by atoms with Crippen molar-refractivity contribution >= 4 is 16.8 Å². The Balaban J connectivity index is 2.21. The molecule has 0 N–H and O–H groups in total. The number of carbonyl (C=O) groups excluding carboxylic acids is 1. The van der Waals surface area contributed by atoms with Crippen molar-refractivity contribution in [3.05, 3.63) is 65.9 Å². The molecule has 0 spiro atoms. The quantitative estimate of drug-likeness (QED) is 0.678. The fourth-order valence-electron chi connectivity index (χ4n) is 3.30. The van der Waals surface area contributed by atoms with Gasteiger partial charge in [-0.3, -0.25) is 4.79 Å². The van der Waals surface area contributed by atoms with Gasteiger partial charge in [0.1, 0.15) is 5.69 Å². The van der Waals surface area contributed by atoms with Crippen LogP contribution in [0.25, 0.3) is 22.0 Å². The summed E-state index contributed by atoms with van der Waals surface area (Å²) in [4.78, 5) is 19.5. The maximum Gasteiger partial charge on any atom is 0.272 e. The fourth-order valence-corrected chi connectivity index (χ4v) is 3.30. The second kappa shape index (κ2) is 7.06. The van der Waals surface area contributed by atoms with Gasteiger partial charge in [-0.15, -0.1) is 0 Å². The number of fused-ring (bicyclic) bond motifs is 1. The van der Waals surface area contributed by atoms with Crippen molar-refractivity contribution in [3.8, 4) is 11.1 Å². The van der Waals surface area contributed by atoms with Gasteiger partial charge in [-0.25, -0.2) is 4.98 Å². The van der Waals surface area contributed by atoms with E-state index in [2.05, 4.69) is 32.0 Å². The van der Waals surface area contributed by atoms with E-state index in [1.807, 2.05) is 50.4 Å². The third-order valence-corrected chi connectivity index (χ3v) is 4.39. The summed E-state index contributed by atoms with van der Waals surface area (Å²) in [7, 11) is 1.85. The van der Waals surface area contributed by atoms with E-state index >= 15 is 0 Å². The number of amides is 1. The van der Waals surface area contributed by atoms with E-state index < -0.39 is 0 Å². The molecule has 1 heterocycles. The molecule has 0 saturated heterocycles. The van der Waals surface area contributed by atoms with Crippen LogP contribution in [0, 0.1) is 12.8 Å². The van der Waals surface area contributed by atoms with Crippen molar-refractivity contribution in [1.29, 1.82) is 0 Å². The zero-order chi connectivity index (χ0) is 18.0. The van der Waals surface area contributed by atoms with E-state index in [4.69, 9.17) is 4.98 Å². The molecule has 0 bridgehead atoms. The molecule has 0 aliphatic carbocycles. The first-order valence-corrected chi connectivity index (χ1v) is 8.69. The largest absolute Gasteiger partial charge is 0.340 e. The zero-order valence-electron chi connectivity index (χ0n) is 15.3. The second-order valence-corrected chi connectivity index (χ2v) is 6.92. The van der Waals surface area contributed by atoms with E-state index in [-0.39, 0.29) is 5.91 Å². The molecule has 0 atom stereocenters. The number of nitrogens with zero attached hydrogens (tertiary/aromatic N) is 2. The van der Waals surface area contributed by atoms with Crippen molar-refractivity contribution in [3.63, 3.8) is 0 Å². The Hall–Kier alpha value is -2.68. The van der Waals surface area contributed by atoms with Gasteiger partial charge in [0.2, 0.25) is 0 Å². The Morgan fingerprint density at radius 2 is 1.68 bits per heavy atom. The number of pyridine rings is 1. The second-order valence-electron chi connectivity index (χ2n) is 6.92. The lowest BCUT2D eigenvalue weighted by Crippen LogP contribution is -2.31. The summed E-state index contributed by atoms with van der Waals surface area (Å²) in [6.45, 7) is 6.94. The molecule has 2 aromatic carbocycles. The predicted molar refractivity (Wildman–Crippen MR) is 104 cm³/mol. The minimum atomic E-state index is -0.0193. The minimum Gasteiger partial charge on any atom is -0.340 e. The average molecular weight is 332 g/mol. The van der Waals surface area contributed by atoms with Crippen molar-refractivity contribution in [2.45, 2.75) is 20.8 Å². The summed E-state index contributed by atoms with van der Waals surface area (Å²) in [6.07, 6.45) is 0. The highest BCUT2D eigenvalue weighted by atomic mass is 16.2. The molecule has 128 valence electrons. The Labute approximate surface area is 149 Å². The number of rotatable bonds is 4. The van der Waals surface area contributed by atoms with E-state index in [0.29, 0.717) is 18.2 Å². The van der Waals surface area contributed by atoms with E-state index in [0.717, 1.165) is 27.6 Å². The highest BCUT2D eigenvalue weighted by molar-refractivity contribution is 6.03. The van der Waals surface area contributed by atoms with Crippen LogP contribution >= 0.6 is 0 Å². The van der Waals surface area contributed by atoms with Crippen LogP contribution in [0.2, 0.25) is 0 Å². The number of hydrogen-bond donors (Lipinski definition) is 0. The molecule has 25 heavy (non-hydrogen) atoms. The smallest absolute Gasteiger partial charge is 0.272 e. The topological polar surface area (TPSA) is 33.2 Å². The van der Waals surface area contributed by atoms with E-state index in [1.54, 1.807) is 4.90 Å². The molecule has 3 rings (SSSR count). The molecule has 3 nitrogen and oxygen atoms in total. The molecule has 0 aliphatic heterocycles. The van der Waals surface area contributed by atoms with E-state index in [1.165, 1.54) is 0 Å². The van der Waals surface area contributed by atoms with Crippen LogP contribution in [0.1, 0.15) is 29.9 Å². The van der Waals surface area contributed by atoms with Gasteiger partial charge >= 0.3 is 0 Å². The molecule has 0 unspecified atom stereocenters. The fraction of sp³-hybridized carbons (Fsp3) is 0.273. The summed E-state index contributed by atoms with van der Waals surface area (Å²) in [5.41, 5.74) is 4.53. The van der Waals surface area contributed by atoms with Crippen molar-refractivity contribution in [1.82, 2.24) is 9.88 Å². The van der Waals surface area contributed by atoms with Gasteiger partial charge in [-0.05, 0) is 35.6 Å². The first-order chi connectivity index (χ1) is 12.0. The lowest BCUT2D eigenvalue weighted by molar-refractivity contribution is 0.0773. The van der Waals surface area contributed by atoms with Crippen LogP contribution in [0.4, 0.5) is 0 Å². The van der Waals surface area contributed by atoms with Crippen molar-refractivity contribution < 1.29 is 4.79 Å². The minimum absolute atomic E-state index is 0.0193. The van der Waals surface area contributed by atoms with Crippen molar-refractivity contribution in [2.24, 2.45) is 5.92 Å². The molecule has 0 aliphatic rings. The lowest BCUT2D eigenvalue weighted by atomic mass is 9.94. The van der Waals surface area contributed by atoms with Crippen LogP contribution in [-0.4, -0.2) is 29.4 Å². The van der Waals surface area contributed by atoms with Gasteiger partial charge in [0.25, 0.3) is 5.91 Å². The zero-order valence-corrected chi connectivity index (χ0v) is 15.3. The van der Waals surface area contributed by atoms with Crippen LogP contribution in [0.3, 0.4) is 0 Å². The number of aromatic nitrogens is 1. The van der Waals surface area contributed by atoms with Crippen LogP contribution in [0.15, 0.2) is 54.6 Å². The maximum absolute atomic E-state index is 13.0. The summed E-state index contributed by atoms with van der Waals surface area (Å²) >= 11 is 0. The average Bonchev–Trinajstić information content (AvgIpc) is 2.60. The summed E-state index contributed by atoms with van der Waals surface area (Å²) in [5.74, 6) is 0.400. The van der Waals surface area contributed by atoms with Crippen LogP contribution in [-0.2, 0) is 0 Å². The Bertz CT molecular complexity index is 901. The molecule has 3 aromatic rings. The summed E-state index contributed by atoms with van der Waals surface area (Å²) < 4.78 is 0. The summed E-state index contributed by atoms with van der Waals surface area (Å²) in [6, 6.07) is 18.2. The number of carbonyl (C=O) groups is 1. The Morgan fingerprint density at radius 1 is 1.04 bits per heavy atom. The van der Waals surface area contributed by atoms with Gasteiger partial charge < -0.3 is 4.90 Å². The van der Waals surface area contributed by atoms with Crippen LogP contribution in [0.5, 0.6) is 0 Å². The molecule has 0 radical (unpaired) electrons. The monoisotopic (exact) mass is 332 g/mol. The van der Waals surface area contributed by atoms with Gasteiger partial charge in [0.15, 0.2) is 0 Å². The van der Waals surface area contributed by atoms with Gasteiger partial charge in [0, 0.05) is 19.0 Å². The van der Waals surface area contributed by atoms with Gasteiger partial charge in [-0.2, -0.15) is 0 Å². The highest BCUT2D eigenvalue weighted by Crippen LogP contribution is 2.32. The van der Waals surface area contributed by atoms with Gasteiger partial charge in [-0.1, -0.05) is 62.4 Å². The Kier molecular flexibility index (Phi) is 4.84. The molecular formula is C22H24N2O. The standard InChI is InChI=1S/C22H24N2O/c1-15(2)14-24(4)22(25)21-16(3)20(17-10-6-5-7-11-17)18-12-8-9-13-19(18)23-21/h5-13,15H,14H2,1-4H3. The SMILES string of the molecule is Cc1c(C(=O)N(C)CC(C)C)nc2ccccc2c1-c1ccccc1. The molecule has 0 saturated carbocycles. The van der Waals surface area contributed by atoms with E-state index in [9.17, 15) is 4.79 Å². The molecule has 1 amide bonds. The predicted octanol–water partition coefficient (Wildman–Crippen LogP) is 4.94. The summed E-state index contributed by atoms with van der Waals surface area (Å²) in [5, 5.41) is 1.08. The third kappa shape index (κ3) is 3.41. The first kappa shape index (κ1) is 17.2. The number of hydrogen-bond acceptors (Lipinski definition) is 2. The third-order valence-electron chi connectivity index (χ3n) is 4.39. The lowest BCUT2D eigenvalue weighted by Gasteiger charge is -2.21. The molecule has 3 heteroatoms. The van der Waals surface area contributed by atoms with Crippen LogP contribution < -0.4 is 0 Å². The first-order valence-electron chi connectivity index (χ1n) is 8.69. The molecular weight excluding hydrogens is 308 g/mol. The maximum atomic E-state index is 13.0. The molecule has 0 fully saturated rings.